The van der Waals surface area contributed by atoms with Gasteiger partial charge in [-0.15, -0.1) is 22.9 Å². The van der Waals surface area contributed by atoms with E-state index in [2.05, 4.69) is 15.3 Å². The summed E-state index contributed by atoms with van der Waals surface area (Å²) in [4.78, 5) is 8.45. The molecule has 0 spiro atoms. The smallest absolute Gasteiger partial charge is 0.123 e. The Morgan fingerprint density at radius 3 is 2.79 bits per heavy atom. The third-order valence-corrected chi connectivity index (χ3v) is 2.96. The first kappa shape index (κ1) is 9.62. The molecule has 0 aromatic carbocycles. The molecule has 2 nitrogen and oxygen atoms in total. The van der Waals surface area contributed by atoms with Crippen molar-refractivity contribution in [2.24, 2.45) is 0 Å². The average Bonchev–Trinajstić information content (AvgIpc) is 2.68. The molecule has 2 heterocycles. The lowest BCUT2D eigenvalue weighted by atomic mass is 10.3. The highest BCUT2D eigenvalue weighted by atomic mass is 35.5. The summed E-state index contributed by atoms with van der Waals surface area (Å²) in [5.41, 5.74) is 2.18. The Morgan fingerprint density at radius 1 is 1.29 bits per heavy atom. The van der Waals surface area contributed by atoms with Crippen molar-refractivity contribution in [2.75, 3.05) is 5.88 Å². The average molecular weight is 225 g/mol. The van der Waals surface area contributed by atoms with E-state index in [0.29, 0.717) is 5.88 Å². The molecule has 4 heteroatoms. The zero-order valence-corrected chi connectivity index (χ0v) is 9.05. The molecule has 0 unspecified atom stereocenters. The van der Waals surface area contributed by atoms with Crippen LogP contribution in [0, 0.1) is 0 Å². The second kappa shape index (κ2) is 4.53. The van der Waals surface area contributed by atoms with Gasteiger partial charge in [0, 0.05) is 35.6 Å². The Labute approximate surface area is 91.6 Å². The Balaban J connectivity index is 2.25. The fraction of sp³-hybridized carbons (Fsp3) is 0.200. The Hall–Kier alpha value is -0.930. The second-order valence-electron chi connectivity index (χ2n) is 2.82. The van der Waals surface area contributed by atoms with Crippen LogP contribution in [0.2, 0.25) is 0 Å². The summed E-state index contributed by atoms with van der Waals surface area (Å²) in [7, 11) is 0. The van der Waals surface area contributed by atoms with E-state index in [1.54, 1.807) is 23.7 Å². The molecule has 2 rings (SSSR count). The molecule has 0 saturated carbocycles. The molecule has 0 bridgehead atoms. The van der Waals surface area contributed by atoms with E-state index in [9.17, 15) is 0 Å². The van der Waals surface area contributed by atoms with Crippen molar-refractivity contribution in [1.82, 2.24) is 9.97 Å². The van der Waals surface area contributed by atoms with Crippen LogP contribution in [0.5, 0.6) is 0 Å². The van der Waals surface area contributed by atoms with Crippen LogP contribution in [-0.2, 0) is 6.42 Å². The molecule has 2 aromatic heterocycles. The van der Waals surface area contributed by atoms with Crippen LogP contribution in [-0.4, -0.2) is 15.8 Å². The van der Waals surface area contributed by atoms with Gasteiger partial charge in [0.05, 0.1) is 5.69 Å². The number of pyridine rings is 1. The van der Waals surface area contributed by atoms with Crippen molar-refractivity contribution in [1.29, 1.82) is 0 Å². The van der Waals surface area contributed by atoms with Gasteiger partial charge in [0.15, 0.2) is 0 Å². The van der Waals surface area contributed by atoms with Crippen molar-refractivity contribution in [3.63, 3.8) is 0 Å². The number of nitrogens with zero attached hydrogens (tertiary/aromatic N) is 2. The van der Waals surface area contributed by atoms with Crippen molar-refractivity contribution in [2.45, 2.75) is 6.42 Å². The summed E-state index contributed by atoms with van der Waals surface area (Å²) in [5.74, 6) is 0.625. The van der Waals surface area contributed by atoms with Crippen molar-refractivity contribution in [3.8, 4) is 10.6 Å². The molecule has 0 radical (unpaired) electrons. The number of halogens is 1. The van der Waals surface area contributed by atoms with Crippen molar-refractivity contribution >= 4 is 22.9 Å². The molecule has 14 heavy (non-hydrogen) atoms. The molecule has 0 fully saturated rings. The summed E-state index contributed by atoms with van der Waals surface area (Å²) >= 11 is 7.29. The molecule has 0 atom stereocenters. The van der Waals surface area contributed by atoms with Crippen LogP contribution >= 0.6 is 22.9 Å². The number of thiazole rings is 1. The van der Waals surface area contributed by atoms with Gasteiger partial charge in [0.1, 0.15) is 5.01 Å². The number of rotatable bonds is 3. The lowest BCUT2D eigenvalue weighted by molar-refractivity contribution is 1.07. The van der Waals surface area contributed by atoms with Gasteiger partial charge in [-0.25, -0.2) is 4.98 Å². The second-order valence-corrected chi connectivity index (χ2v) is 4.05. The summed E-state index contributed by atoms with van der Waals surface area (Å²) in [5, 5.41) is 3.09. The molecule has 0 aliphatic heterocycles. The zero-order chi connectivity index (χ0) is 9.80. The van der Waals surface area contributed by atoms with Crippen molar-refractivity contribution < 1.29 is 0 Å². The van der Waals surface area contributed by atoms with Crippen LogP contribution in [0.25, 0.3) is 10.6 Å². The van der Waals surface area contributed by atoms with E-state index in [1.165, 1.54) is 0 Å². The molecule has 0 N–H and O–H groups in total. The normalized spacial score (nSPS) is 10.4. The van der Waals surface area contributed by atoms with E-state index >= 15 is 0 Å². The van der Waals surface area contributed by atoms with Gasteiger partial charge in [-0.1, -0.05) is 0 Å². The lowest BCUT2D eigenvalue weighted by Crippen LogP contribution is -1.85. The van der Waals surface area contributed by atoms with E-state index in [4.69, 9.17) is 11.6 Å². The molecular weight excluding hydrogens is 216 g/mol. The molecule has 0 aliphatic carbocycles. The highest BCUT2D eigenvalue weighted by molar-refractivity contribution is 7.13. The zero-order valence-electron chi connectivity index (χ0n) is 7.48. The summed E-state index contributed by atoms with van der Waals surface area (Å²) in [6.07, 6.45) is 4.39. The Morgan fingerprint density at radius 2 is 2.07 bits per heavy atom. The predicted molar refractivity (Wildman–Crippen MR) is 59.8 cm³/mol. The molecule has 0 aliphatic rings. The molecule has 2 aromatic rings. The maximum absolute atomic E-state index is 5.65. The largest absolute Gasteiger partial charge is 0.265 e. The summed E-state index contributed by atoms with van der Waals surface area (Å²) in [6.45, 7) is 0. The Bertz CT molecular complexity index is 400. The van der Waals surface area contributed by atoms with E-state index in [1.807, 2.05) is 12.1 Å². The number of aromatic nitrogens is 2. The van der Waals surface area contributed by atoms with Crippen LogP contribution in [0.4, 0.5) is 0 Å². The van der Waals surface area contributed by atoms with Crippen LogP contribution in [0.3, 0.4) is 0 Å². The fourth-order valence-corrected chi connectivity index (χ4v) is 2.20. The first-order chi connectivity index (χ1) is 6.90. The van der Waals surface area contributed by atoms with Crippen LogP contribution in [0.1, 0.15) is 5.69 Å². The first-order valence-electron chi connectivity index (χ1n) is 4.31. The van der Waals surface area contributed by atoms with E-state index in [-0.39, 0.29) is 0 Å². The molecule has 0 saturated heterocycles. The third kappa shape index (κ3) is 2.11. The maximum atomic E-state index is 5.65. The van der Waals surface area contributed by atoms with Crippen LogP contribution < -0.4 is 0 Å². The Kier molecular flexibility index (Phi) is 3.11. The van der Waals surface area contributed by atoms with Gasteiger partial charge in [-0.3, -0.25) is 4.98 Å². The number of aryl methyl sites for hydroxylation is 1. The maximum Gasteiger partial charge on any atom is 0.123 e. The third-order valence-electron chi connectivity index (χ3n) is 1.83. The monoisotopic (exact) mass is 224 g/mol. The highest BCUT2D eigenvalue weighted by Gasteiger charge is 2.03. The lowest BCUT2D eigenvalue weighted by Gasteiger charge is -1.93. The quantitative estimate of drug-likeness (QED) is 0.750. The van der Waals surface area contributed by atoms with E-state index < -0.39 is 0 Å². The van der Waals surface area contributed by atoms with Gasteiger partial charge in [0.25, 0.3) is 0 Å². The summed E-state index contributed by atoms with van der Waals surface area (Å²) in [6, 6.07) is 3.92. The fourth-order valence-electron chi connectivity index (χ4n) is 1.15. The minimum Gasteiger partial charge on any atom is -0.265 e. The predicted octanol–water partition coefficient (Wildman–Crippen LogP) is 2.99. The van der Waals surface area contributed by atoms with E-state index in [0.717, 1.165) is 22.7 Å². The van der Waals surface area contributed by atoms with Gasteiger partial charge < -0.3 is 0 Å². The topological polar surface area (TPSA) is 25.8 Å². The molecule has 0 amide bonds. The van der Waals surface area contributed by atoms with Gasteiger partial charge >= 0.3 is 0 Å². The standard InChI is InChI=1S/C10H9ClN2S/c11-4-1-9-7-14-10(13-9)8-2-5-12-6-3-8/h2-3,5-7H,1,4H2. The number of alkyl halides is 1. The van der Waals surface area contributed by atoms with Crippen molar-refractivity contribution in [3.05, 3.63) is 35.6 Å². The number of hydrogen-bond acceptors (Lipinski definition) is 3. The SMILES string of the molecule is ClCCc1csc(-c2ccncc2)n1. The molecular formula is C10H9ClN2S. The van der Waals surface area contributed by atoms with Gasteiger partial charge in [0.2, 0.25) is 0 Å². The van der Waals surface area contributed by atoms with Gasteiger partial charge in [-0.05, 0) is 12.1 Å². The molecule has 72 valence electrons. The highest BCUT2D eigenvalue weighted by Crippen LogP contribution is 2.22. The first-order valence-corrected chi connectivity index (χ1v) is 5.72. The summed E-state index contributed by atoms with van der Waals surface area (Å²) < 4.78 is 0. The van der Waals surface area contributed by atoms with Crippen LogP contribution in [0.15, 0.2) is 29.9 Å². The minimum atomic E-state index is 0.625. The minimum absolute atomic E-state index is 0.625. The number of hydrogen-bond donors (Lipinski definition) is 0. The van der Waals surface area contributed by atoms with Gasteiger partial charge in [-0.2, -0.15) is 0 Å².